The number of rotatable bonds is 7. The van der Waals surface area contributed by atoms with E-state index in [1.165, 1.54) is 36.8 Å². The number of hydrogen-bond acceptors (Lipinski definition) is 2. The van der Waals surface area contributed by atoms with Gasteiger partial charge in [-0.15, -0.1) is 0 Å². The minimum atomic E-state index is -0.326. The predicted octanol–water partition coefficient (Wildman–Crippen LogP) is 3.77. The fraction of sp³-hybridized carbons (Fsp3) is 0.667. The topological polar surface area (TPSA) is 32.3 Å². The van der Waals surface area contributed by atoms with Crippen molar-refractivity contribution in [3.05, 3.63) is 35.4 Å². The second kappa shape index (κ2) is 7.69. The molecule has 0 bridgehead atoms. The van der Waals surface area contributed by atoms with Crippen LogP contribution in [-0.2, 0) is 17.8 Å². The summed E-state index contributed by atoms with van der Waals surface area (Å²) in [6.45, 7) is 7.57. The van der Waals surface area contributed by atoms with Gasteiger partial charge in [0.2, 0.25) is 5.91 Å². The molecule has 1 saturated heterocycles. The van der Waals surface area contributed by atoms with Crippen LogP contribution < -0.4 is 5.32 Å². The Labute approximate surface area is 146 Å². The third-order valence-corrected chi connectivity index (χ3v) is 5.61. The molecule has 132 valence electrons. The Morgan fingerprint density at radius 2 is 1.88 bits per heavy atom. The molecule has 1 N–H and O–H groups in total. The number of hydrogen-bond donors (Lipinski definition) is 1. The van der Waals surface area contributed by atoms with E-state index in [9.17, 15) is 4.79 Å². The molecule has 3 heteroatoms. The summed E-state index contributed by atoms with van der Waals surface area (Å²) in [5.41, 5.74) is 2.47. The van der Waals surface area contributed by atoms with Crippen LogP contribution in [0.5, 0.6) is 0 Å². The quantitative estimate of drug-likeness (QED) is 0.826. The Kier molecular flexibility index (Phi) is 5.60. The average Bonchev–Trinajstić information content (AvgIpc) is 3.05. The molecule has 1 aliphatic carbocycles. The lowest BCUT2D eigenvalue weighted by Gasteiger charge is -2.29. The molecule has 3 nitrogen and oxygen atoms in total. The van der Waals surface area contributed by atoms with E-state index in [2.05, 4.69) is 43.4 Å². The molecule has 1 aromatic rings. The minimum absolute atomic E-state index is 0.297. The summed E-state index contributed by atoms with van der Waals surface area (Å²) in [4.78, 5) is 14.6. The standard InChI is InChI=1S/C21H32N2O/c1-21(2,20(24)23-11-3-4-12-23)16-22-15-19-10-6-9-18(14-19)13-17-7-5-8-17/h6,9-10,14,17,22H,3-5,7-8,11-13,15-16H2,1-2H3. The monoisotopic (exact) mass is 328 g/mol. The van der Waals surface area contributed by atoms with E-state index in [1.807, 2.05) is 4.90 Å². The number of nitrogens with zero attached hydrogens (tertiary/aromatic N) is 1. The van der Waals surface area contributed by atoms with Crippen LogP contribution in [0.4, 0.5) is 0 Å². The second-order valence-corrected chi connectivity index (χ2v) is 8.31. The Morgan fingerprint density at radius 3 is 2.54 bits per heavy atom. The molecule has 1 amide bonds. The van der Waals surface area contributed by atoms with Crippen molar-refractivity contribution in [2.45, 2.75) is 58.9 Å². The molecule has 2 fully saturated rings. The number of carbonyl (C=O) groups is 1. The van der Waals surface area contributed by atoms with Gasteiger partial charge >= 0.3 is 0 Å². The predicted molar refractivity (Wildman–Crippen MR) is 98.8 cm³/mol. The number of benzene rings is 1. The van der Waals surface area contributed by atoms with Gasteiger partial charge in [0.25, 0.3) is 0 Å². The zero-order valence-electron chi connectivity index (χ0n) is 15.3. The highest BCUT2D eigenvalue weighted by Crippen LogP contribution is 2.29. The van der Waals surface area contributed by atoms with Gasteiger partial charge < -0.3 is 10.2 Å². The maximum absolute atomic E-state index is 12.6. The van der Waals surface area contributed by atoms with E-state index in [1.54, 1.807) is 0 Å². The average molecular weight is 329 g/mol. The first kappa shape index (κ1) is 17.5. The maximum Gasteiger partial charge on any atom is 0.229 e. The van der Waals surface area contributed by atoms with Gasteiger partial charge in [-0.05, 0) is 50.2 Å². The van der Waals surface area contributed by atoms with Crippen molar-refractivity contribution < 1.29 is 4.79 Å². The van der Waals surface area contributed by atoms with Crippen molar-refractivity contribution in [2.24, 2.45) is 11.3 Å². The second-order valence-electron chi connectivity index (χ2n) is 8.31. The zero-order valence-corrected chi connectivity index (χ0v) is 15.3. The summed E-state index contributed by atoms with van der Waals surface area (Å²) in [7, 11) is 0. The zero-order chi connectivity index (χ0) is 17.0. The molecule has 1 aliphatic heterocycles. The minimum Gasteiger partial charge on any atom is -0.342 e. The Balaban J connectivity index is 1.48. The van der Waals surface area contributed by atoms with Crippen LogP contribution in [0.15, 0.2) is 24.3 Å². The smallest absolute Gasteiger partial charge is 0.229 e. The molecular formula is C21H32N2O. The highest BCUT2D eigenvalue weighted by Gasteiger charge is 2.32. The Bertz CT molecular complexity index is 557. The molecule has 0 unspecified atom stereocenters. The first-order chi connectivity index (χ1) is 11.5. The lowest BCUT2D eigenvalue weighted by atomic mass is 9.81. The summed E-state index contributed by atoms with van der Waals surface area (Å²) >= 11 is 0. The van der Waals surface area contributed by atoms with Crippen LogP contribution in [0.2, 0.25) is 0 Å². The third-order valence-electron chi connectivity index (χ3n) is 5.61. The largest absolute Gasteiger partial charge is 0.342 e. The van der Waals surface area contributed by atoms with Crippen molar-refractivity contribution in [3.63, 3.8) is 0 Å². The van der Waals surface area contributed by atoms with Crippen LogP contribution >= 0.6 is 0 Å². The molecular weight excluding hydrogens is 296 g/mol. The molecule has 2 aliphatic rings. The van der Waals surface area contributed by atoms with Crippen LogP contribution in [0.25, 0.3) is 0 Å². The van der Waals surface area contributed by atoms with Crippen molar-refractivity contribution >= 4 is 5.91 Å². The third kappa shape index (κ3) is 4.38. The highest BCUT2D eigenvalue weighted by atomic mass is 16.2. The maximum atomic E-state index is 12.6. The first-order valence-corrected chi connectivity index (χ1v) is 9.62. The van der Waals surface area contributed by atoms with Crippen LogP contribution in [0.3, 0.4) is 0 Å². The van der Waals surface area contributed by atoms with Crippen molar-refractivity contribution in [2.75, 3.05) is 19.6 Å². The molecule has 0 spiro atoms. The van der Waals surface area contributed by atoms with Crippen molar-refractivity contribution in [3.8, 4) is 0 Å². The number of amides is 1. The van der Waals surface area contributed by atoms with E-state index in [-0.39, 0.29) is 5.41 Å². The van der Waals surface area contributed by atoms with Gasteiger partial charge in [-0.2, -0.15) is 0 Å². The SMILES string of the molecule is CC(C)(CNCc1cccc(CC2CCC2)c1)C(=O)N1CCCC1. The molecule has 1 aromatic carbocycles. The van der Waals surface area contributed by atoms with E-state index >= 15 is 0 Å². The van der Waals surface area contributed by atoms with Crippen molar-refractivity contribution in [1.82, 2.24) is 10.2 Å². The highest BCUT2D eigenvalue weighted by molar-refractivity contribution is 5.82. The van der Waals surface area contributed by atoms with Gasteiger partial charge in [0, 0.05) is 26.2 Å². The number of nitrogens with one attached hydrogen (secondary N) is 1. The van der Waals surface area contributed by atoms with E-state index < -0.39 is 0 Å². The summed E-state index contributed by atoms with van der Waals surface area (Å²) in [6.07, 6.45) is 7.75. The van der Waals surface area contributed by atoms with Gasteiger partial charge in [-0.1, -0.05) is 43.5 Å². The van der Waals surface area contributed by atoms with Gasteiger partial charge in [0.15, 0.2) is 0 Å². The summed E-state index contributed by atoms with van der Waals surface area (Å²) in [6, 6.07) is 8.95. The van der Waals surface area contributed by atoms with Crippen LogP contribution in [-0.4, -0.2) is 30.4 Å². The molecule has 1 heterocycles. The van der Waals surface area contributed by atoms with Crippen LogP contribution in [0, 0.1) is 11.3 Å². The van der Waals surface area contributed by atoms with Gasteiger partial charge in [0.05, 0.1) is 5.41 Å². The van der Waals surface area contributed by atoms with Crippen LogP contribution in [0.1, 0.15) is 57.1 Å². The normalized spacial score (nSPS) is 18.7. The van der Waals surface area contributed by atoms with Gasteiger partial charge in [0.1, 0.15) is 0 Å². The fourth-order valence-electron chi connectivity index (χ4n) is 3.84. The van der Waals surface area contributed by atoms with Crippen molar-refractivity contribution in [1.29, 1.82) is 0 Å². The first-order valence-electron chi connectivity index (χ1n) is 9.62. The molecule has 24 heavy (non-hydrogen) atoms. The van der Waals surface area contributed by atoms with E-state index in [0.29, 0.717) is 5.91 Å². The van der Waals surface area contributed by atoms with E-state index in [0.717, 1.165) is 44.9 Å². The summed E-state index contributed by atoms with van der Waals surface area (Å²) in [5, 5.41) is 3.51. The lowest BCUT2D eigenvalue weighted by Crippen LogP contribution is -2.44. The molecule has 0 radical (unpaired) electrons. The van der Waals surface area contributed by atoms with Gasteiger partial charge in [-0.25, -0.2) is 0 Å². The number of carbonyl (C=O) groups excluding carboxylic acids is 1. The Morgan fingerprint density at radius 1 is 1.17 bits per heavy atom. The lowest BCUT2D eigenvalue weighted by molar-refractivity contribution is -0.139. The fourth-order valence-corrected chi connectivity index (χ4v) is 3.84. The molecule has 1 saturated carbocycles. The molecule has 3 rings (SSSR count). The Hall–Kier alpha value is -1.35. The molecule has 0 atom stereocenters. The summed E-state index contributed by atoms with van der Waals surface area (Å²) in [5.74, 6) is 1.21. The van der Waals surface area contributed by atoms with E-state index in [4.69, 9.17) is 0 Å². The molecule has 0 aromatic heterocycles. The van der Waals surface area contributed by atoms with Gasteiger partial charge in [-0.3, -0.25) is 4.79 Å². The summed E-state index contributed by atoms with van der Waals surface area (Å²) < 4.78 is 0. The number of likely N-dealkylation sites (tertiary alicyclic amines) is 1.